The Balaban J connectivity index is 1.97. The molecule has 1 aliphatic rings. The zero-order valence-corrected chi connectivity index (χ0v) is 12.0. The van der Waals surface area contributed by atoms with Crippen molar-refractivity contribution in [2.24, 2.45) is 0 Å². The van der Waals surface area contributed by atoms with Gasteiger partial charge in [-0.1, -0.05) is 35.4 Å². The molecular weight excluding hydrogens is 264 g/mol. The number of amides is 2. The number of hydrogen-bond donors (Lipinski definition) is 1. The molecule has 0 fully saturated rings. The van der Waals surface area contributed by atoms with Crippen LogP contribution < -0.4 is 5.73 Å². The topological polar surface area (TPSA) is 63.4 Å². The minimum Gasteiger partial charge on any atom is -0.398 e. The van der Waals surface area contributed by atoms with Crippen LogP contribution in [-0.2, 0) is 6.54 Å². The molecular formula is C17H16N2O2. The van der Waals surface area contributed by atoms with E-state index in [2.05, 4.69) is 6.07 Å². The van der Waals surface area contributed by atoms with Gasteiger partial charge in [-0.15, -0.1) is 0 Å². The number of rotatable bonds is 2. The molecule has 0 aliphatic carbocycles. The standard InChI is InChI=1S/C17H16N2O2/c1-10-6-11(2)8-12(7-10)9-19-16(20)13-4-3-5-14(18)15(13)17(19)21/h3-8H,9,18H2,1-2H3. The van der Waals surface area contributed by atoms with Crippen LogP contribution in [0, 0.1) is 13.8 Å². The van der Waals surface area contributed by atoms with Gasteiger partial charge in [0.2, 0.25) is 0 Å². The van der Waals surface area contributed by atoms with Crippen LogP contribution in [0.15, 0.2) is 36.4 Å². The van der Waals surface area contributed by atoms with E-state index in [4.69, 9.17) is 5.73 Å². The molecule has 4 heteroatoms. The molecule has 2 N–H and O–H groups in total. The Morgan fingerprint density at radius 1 is 1.00 bits per heavy atom. The number of hydrogen-bond acceptors (Lipinski definition) is 3. The summed E-state index contributed by atoms with van der Waals surface area (Å²) in [6.07, 6.45) is 0. The van der Waals surface area contributed by atoms with Gasteiger partial charge in [0.1, 0.15) is 0 Å². The van der Waals surface area contributed by atoms with Crippen LogP contribution in [0.5, 0.6) is 0 Å². The molecule has 0 saturated carbocycles. The van der Waals surface area contributed by atoms with Crippen molar-refractivity contribution < 1.29 is 9.59 Å². The SMILES string of the molecule is Cc1cc(C)cc(CN2C(=O)c3cccc(N)c3C2=O)c1. The number of carbonyl (C=O) groups is 2. The maximum atomic E-state index is 12.4. The number of aryl methyl sites for hydroxylation is 2. The van der Waals surface area contributed by atoms with Crippen molar-refractivity contribution in [3.63, 3.8) is 0 Å². The number of nitrogens with zero attached hydrogens (tertiary/aromatic N) is 1. The van der Waals surface area contributed by atoms with E-state index < -0.39 is 0 Å². The lowest BCUT2D eigenvalue weighted by Crippen LogP contribution is -2.29. The third kappa shape index (κ3) is 2.18. The quantitative estimate of drug-likeness (QED) is 0.679. The highest BCUT2D eigenvalue weighted by atomic mass is 16.2. The second-order valence-corrected chi connectivity index (χ2v) is 5.46. The van der Waals surface area contributed by atoms with Gasteiger partial charge >= 0.3 is 0 Å². The van der Waals surface area contributed by atoms with Crippen molar-refractivity contribution in [1.82, 2.24) is 4.90 Å². The molecule has 0 unspecified atom stereocenters. The Bertz CT molecular complexity index is 745. The third-order valence-electron chi connectivity index (χ3n) is 3.65. The van der Waals surface area contributed by atoms with E-state index >= 15 is 0 Å². The zero-order chi connectivity index (χ0) is 15.1. The van der Waals surface area contributed by atoms with Crippen LogP contribution >= 0.6 is 0 Å². The number of nitrogens with two attached hydrogens (primary N) is 1. The summed E-state index contributed by atoms with van der Waals surface area (Å²) in [5.74, 6) is -0.589. The van der Waals surface area contributed by atoms with Crippen molar-refractivity contribution in [3.05, 3.63) is 64.2 Å². The van der Waals surface area contributed by atoms with Gasteiger partial charge in [-0.05, 0) is 31.5 Å². The average Bonchev–Trinajstić information content (AvgIpc) is 2.64. The first-order valence-corrected chi connectivity index (χ1v) is 6.79. The second-order valence-electron chi connectivity index (χ2n) is 5.46. The van der Waals surface area contributed by atoms with Crippen molar-refractivity contribution in [2.75, 3.05) is 5.73 Å². The first-order chi connectivity index (χ1) is 9.97. The summed E-state index contributed by atoms with van der Waals surface area (Å²) in [6.45, 7) is 4.27. The van der Waals surface area contributed by atoms with Crippen LogP contribution in [0.25, 0.3) is 0 Å². The Morgan fingerprint density at radius 2 is 1.67 bits per heavy atom. The molecule has 1 aliphatic heterocycles. The third-order valence-corrected chi connectivity index (χ3v) is 3.65. The molecule has 0 radical (unpaired) electrons. The molecule has 0 saturated heterocycles. The number of carbonyl (C=O) groups excluding carboxylic acids is 2. The Kier molecular flexibility index (Phi) is 3.01. The molecule has 0 atom stereocenters. The molecule has 3 rings (SSSR count). The minimum absolute atomic E-state index is 0.272. The van der Waals surface area contributed by atoms with E-state index in [0.717, 1.165) is 16.7 Å². The number of benzene rings is 2. The molecule has 0 aromatic heterocycles. The fourth-order valence-corrected chi connectivity index (χ4v) is 2.85. The number of anilines is 1. The smallest absolute Gasteiger partial charge is 0.263 e. The predicted molar refractivity (Wildman–Crippen MR) is 81.0 cm³/mol. The summed E-state index contributed by atoms with van der Waals surface area (Å²) in [5.41, 5.74) is 10.1. The molecule has 106 valence electrons. The van der Waals surface area contributed by atoms with Gasteiger partial charge in [0.15, 0.2) is 0 Å². The summed E-state index contributed by atoms with van der Waals surface area (Å²) in [4.78, 5) is 26.1. The van der Waals surface area contributed by atoms with Crippen LogP contribution in [0.1, 0.15) is 37.4 Å². The van der Waals surface area contributed by atoms with Gasteiger partial charge in [0.05, 0.1) is 17.7 Å². The first kappa shape index (κ1) is 13.4. The minimum atomic E-state index is -0.313. The van der Waals surface area contributed by atoms with E-state index in [9.17, 15) is 9.59 Å². The van der Waals surface area contributed by atoms with Crippen molar-refractivity contribution in [1.29, 1.82) is 0 Å². The summed E-state index contributed by atoms with van der Waals surface area (Å²) in [6, 6.07) is 11.0. The highest BCUT2D eigenvalue weighted by Crippen LogP contribution is 2.28. The molecule has 0 bridgehead atoms. The lowest BCUT2D eigenvalue weighted by molar-refractivity contribution is 0.0642. The summed E-state index contributed by atoms with van der Waals surface area (Å²) in [5, 5.41) is 0. The van der Waals surface area contributed by atoms with Crippen LogP contribution in [0.2, 0.25) is 0 Å². The van der Waals surface area contributed by atoms with E-state index in [0.29, 0.717) is 16.8 Å². The van der Waals surface area contributed by atoms with Gasteiger partial charge in [0.25, 0.3) is 11.8 Å². The highest BCUT2D eigenvalue weighted by molar-refractivity contribution is 6.23. The molecule has 2 aromatic rings. The van der Waals surface area contributed by atoms with Crippen LogP contribution in [-0.4, -0.2) is 16.7 Å². The number of imide groups is 1. The fraction of sp³-hybridized carbons (Fsp3) is 0.176. The zero-order valence-electron chi connectivity index (χ0n) is 12.0. The van der Waals surface area contributed by atoms with Crippen molar-refractivity contribution >= 4 is 17.5 Å². The second kappa shape index (κ2) is 4.74. The number of nitrogen functional groups attached to an aromatic ring is 1. The maximum absolute atomic E-state index is 12.4. The lowest BCUT2D eigenvalue weighted by atomic mass is 10.1. The van der Waals surface area contributed by atoms with E-state index in [1.54, 1.807) is 18.2 Å². The van der Waals surface area contributed by atoms with Gasteiger partial charge in [-0.2, -0.15) is 0 Å². The molecule has 2 amide bonds. The monoisotopic (exact) mass is 280 g/mol. The molecule has 1 heterocycles. The van der Waals surface area contributed by atoms with Crippen LogP contribution in [0.3, 0.4) is 0 Å². The summed E-state index contributed by atoms with van der Waals surface area (Å²) >= 11 is 0. The van der Waals surface area contributed by atoms with Crippen LogP contribution in [0.4, 0.5) is 5.69 Å². The van der Waals surface area contributed by atoms with Gasteiger partial charge < -0.3 is 5.73 Å². The van der Waals surface area contributed by atoms with Crippen molar-refractivity contribution in [2.45, 2.75) is 20.4 Å². The average molecular weight is 280 g/mol. The molecule has 21 heavy (non-hydrogen) atoms. The van der Waals surface area contributed by atoms with E-state index in [1.807, 2.05) is 26.0 Å². The fourth-order valence-electron chi connectivity index (χ4n) is 2.85. The van der Waals surface area contributed by atoms with Crippen molar-refractivity contribution in [3.8, 4) is 0 Å². The van der Waals surface area contributed by atoms with Gasteiger partial charge in [-0.3, -0.25) is 14.5 Å². The molecule has 4 nitrogen and oxygen atoms in total. The maximum Gasteiger partial charge on any atom is 0.263 e. The Labute approximate surface area is 123 Å². The lowest BCUT2D eigenvalue weighted by Gasteiger charge is -2.15. The van der Waals surface area contributed by atoms with E-state index in [-0.39, 0.29) is 18.4 Å². The largest absolute Gasteiger partial charge is 0.398 e. The summed E-state index contributed by atoms with van der Waals surface area (Å²) < 4.78 is 0. The normalized spacial score (nSPS) is 13.7. The Morgan fingerprint density at radius 3 is 2.29 bits per heavy atom. The van der Waals surface area contributed by atoms with Gasteiger partial charge in [0, 0.05) is 5.69 Å². The molecule has 2 aromatic carbocycles. The van der Waals surface area contributed by atoms with Gasteiger partial charge in [-0.25, -0.2) is 0 Å². The van der Waals surface area contributed by atoms with E-state index in [1.165, 1.54) is 4.90 Å². The highest BCUT2D eigenvalue weighted by Gasteiger charge is 2.36. The number of fused-ring (bicyclic) bond motifs is 1. The first-order valence-electron chi connectivity index (χ1n) is 6.79. The predicted octanol–water partition coefficient (Wildman–Crippen LogP) is 2.68. The Hall–Kier alpha value is -2.62. The molecule has 0 spiro atoms. The summed E-state index contributed by atoms with van der Waals surface area (Å²) in [7, 11) is 0.